The fourth-order valence-electron chi connectivity index (χ4n) is 3.84. The Bertz CT molecular complexity index is 362. The van der Waals surface area contributed by atoms with Gasteiger partial charge in [0.15, 0.2) is 0 Å². The van der Waals surface area contributed by atoms with Crippen molar-refractivity contribution in [3.63, 3.8) is 0 Å². The highest BCUT2D eigenvalue weighted by atomic mass is 14.5. The van der Waals surface area contributed by atoms with E-state index in [-0.39, 0.29) is 0 Å². The molecule has 21 heavy (non-hydrogen) atoms. The van der Waals surface area contributed by atoms with E-state index in [1.54, 1.807) is 17.3 Å². The maximum absolute atomic E-state index is 5.44. The molecule has 1 heteroatoms. The zero-order valence-corrected chi connectivity index (χ0v) is 15.0. The number of rotatable bonds is 8. The first-order valence-electron chi connectivity index (χ1n) is 8.94. The van der Waals surface area contributed by atoms with Crippen LogP contribution in [0.5, 0.6) is 0 Å². The Hall–Kier alpha value is -0.720. The van der Waals surface area contributed by atoms with Crippen molar-refractivity contribution in [3.8, 4) is 0 Å². The Morgan fingerprint density at radius 2 is 1.90 bits per heavy atom. The van der Waals surface area contributed by atoms with Gasteiger partial charge in [0.1, 0.15) is 0 Å². The topological polar surface area (TPSA) is 26.0 Å². The second kappa shape index (κ2) is 8.66. The largest absolute Gasteiger partial charge is 0.405 e. The van der Waals surface area contributed by atoms with Crippen LogP contribution in [0.25, 0.3) is 0 Å². The maximum Gasteiger partial charge on any atom is -0.0100 e. The molecule has 0 saturated carbocycles. The zero-order chi connectivity index (χ0) is 15.9. The van der Waals surface area contributed by atoms with Crippen LogP contribution in [0.3, 0.4) is 0 Å². The molecule has 1 nitrogen and oxygen atoms in total. The van der Waals surface area contributed by atoms with E-state index in [2.05, 4.69) is 40.7 Å². The number of hydrogen-bond acceptors (Lipinski definition) is 1. The van der Waals surface area contributed by atoms with Crippen LogP contribution in [0.15, 0.2) is 23.4 Å². The molecule has 1 aliphatic carbocycles. The highest BCUT2D eigenvalue weighted by molar-refractivity contribution is 5.22. The van der Waals surface area contributed by atoms with E-state index in [0.29, 0.717) is 11.3 Å². The first-order valence-corrected chi connectivity index (χ1v) is 8.94. The summed E-state index contributed by atoms with van der Waals surface area (Å²) in [7, 11) is 0. The van der Waals surface area contributed by atoms with Gasteiger partial charge in [0.25, 0.3) is 0 Å². The van der Waals surface area contributed by atoms with Crippen molar-refractivity contribution in [2.24, 2.45) is 23.0 Å². The Morgan fingerprint density at radius 3 is 2.52 bits per heavy atom. The minimum atomic E-state index is 0.447. The molecule has 0 aromatic rings. The molecule has 0 aromatic heterocycles. The van der Waals surface area contributed by atoms with Gasteiger partial charge in [-0.15, -0.1) is 0 Å². The molecule has 0 heterocycles. The summed E-state index contributed by atoms with van der Waals surface area (Å²) >= 11 is 0. The van der Waals surface area contributed by atoms with Crippen LogP contribution in [0.4, 0.5) is 0 Å². The predicted molar refractivity (Wildman–Crippen MR) is 95.1 cm³/mol. The average molecular weight is 292 g/mol. The van der Waals surface area contributed by atoms with E-state index >= 15 is 0 Å². The Morgan fingerprint density at radius 1 is 1.19 bits per heavy atom. The molecular weight excluding hydrogens is 254 g/mol. The molecule has 2 N–H and O–H groups in total. The summed E-state index contributed by atoms with van der Waals surface area (Å²) in [5.41, 5.74) is 9.34. The molecular formula is C20H37N. The molecule has 2 atom stereocenters. The van der Waals surface area contributed by atoms with Gasteiger partial charge < -0.3 is 5.73 Å². The summed E-state index contributed by atoms with van der Waals surface area (Å²) < 4.78 is 0. The molecule has 0 aliphatic heterocycles. The monoisotopic (exact) mass is 291 g/mol. The molecule has 0 spiro atoms. The molecule has 0 fully saturated rings. The second-order valence-corrected chi connectivity index (χ2v) is 7.93. The predicted octanol–water partition coefficient (Wildman–Crippen LogP) is 6.21. The average Bonchev–Trinajstić information content (AvgIpc) is 2.37. The molecule has 0 radical (unpaired) electrons. The maximum atomic E-state index is 5.44. The van der Waals surface area contributed by atoms with Crippen molar-refractivity contribution < 1.29 is 0 Å². The van der Waals surface area contributed by atoms with Crippen molar-refractivity contribution in [2.75, 3.05) is 0 Å². The van der Waals surface area contributed by atoms with Gasteiger partial charge in [0, 0.05) is 0 Å². The van der Waals surface area contributed by atoms with Crippen molar-refractivity contribution in [1.82, 2.24) is 0 Å². The van der Waals surface area contributed by atoms with Gasteiger partial charge in [-0.25, -0.2) is 0 Å². The van der Waals surface area contributed by atoms with Crippen molar-refractivity contribution in [1.29, 1.82) is 0 Å². The zero-order valence-electron chi connectivity index (χ0n) is 15.0. The molecule has 1 rings (SSSR count). The van der Waals surface area contributed by atoms with Gasteiger partial charge in [-0.2, -0.15) is 0 Å². The molecule has 0 bridgehead atoms. The van der Waals surface area contributed by atoms with Crippen LogP contribution < -0.4 is 5.73 Å². The lowest BCUT2D eigenvalue weighted by Gasteiger charge is -2.35. The van der Waals surface area contributed by atoms with Crippen molar-refractivity contribution in [2.45, 2.75) is 86.0 Å². The second-order valence-electron chi connectivity index (χ2n) is 7.93. The van der Waals surface area contributed by atoms with Crippen LogP contribution in [-0.4, -0.2) is 0 Å². The highest BCUT2D eigenvalue weighted by Crippen LogP contribution is 2.42. The number of hydrogen-bond donors (Lipinski definition) is 1. The smallest absolute Gasteiger partial charge is 0.0100 e. The highest BCUT2D eigenvalue weighted by Gasteiger charge is 2.27. The quantitative estimate of drug-likeness (QED) is 0.529. The van der Waals surface area contributed by atoms with Crippen LogP contribution in [0.1, 0.15) is 86.0 Å². The van der Waals surface area contributed by atoms with E-state index in [4.69, 9.17) is 5.73 Å². The van der Waals surface area contributed by atoms with Crippen LogP contribution in [-0.2, 0) is 0 Å². The minimum Gasteiger partial charge on any atom is -0.405 e. The van der Waals surface area contributed by atoms with Crippen molar-refractivity contribution >= 4 is 0 Å². The van der Waals surface area contributed by atoms with Gasteiger partial charge in [-0.3, -0.25) is 0 Å². The van der Waals surface area contributed by atoms with E-state index in [9.17, 15) is 0 Å². The van der Waals surface area contributed by atoms with Crippen LogP contribution >= 0.6 is 0 Å². The summed E-state index contributed by atoms with van der Waals surface area (Å²) in [6, 6.07) is 0. The SMILES string of the molecule is CC1=C(CCC(C)CCCC(C)/C=C/N)C(C)(C)CCC1. The van der Waals surface area contributed by atoms with Gasteiger partial charge in [0.05, 0.1) is 0 Å². The third kappa shape index (κ3) is 6.28. The normalized spacial score (nSPS) is 21.8. The number of allylic oxidation sites excluding steroid dienone is 3. The summed E-state index contributed by atoms with van der Waals surface area (Å²) in [6.45, 7) is 11.9. The first kappa shape index (κ1) is 18.3. The minimum absolute atomic E-state index is 0.447. The van der Waals surface area contributed by atoms with Gasteiger partial charge >= 0.3 is 0 Å². The molecule has 2 unspecified atom stereocenters. The third-order valence-corrected chi connectivity index (χ3v) is 5.37. The lowest BCUT2D eigenvalue weighted by atomic mass is 9.70. The number of nitrogens with two attached hydrogens (primary N) is 1. The fourth-order valence-corrected chi connectivity index (χ4v) is 3.84. The molecule has 122 valence electrons. The van der Waals surface area contributed by atoms with Crippen LogP contribution in [0, 0.1) is 17.3 Å². The van der Waals surface area contributed by atoms with E-state index < -0.39 is 0 Å². The summed E-state index contributed by atoms with van der Waals surface area (Å²) in [6.07, 6.45) is 14.5. The van der Waals surface area contributed by atoms with Crippen molar-refractivity contribution in [3.05, 3.63) is 23.4 Å². The standard InChI is InChI=1S/C20H37N/c1-16(8-6-9-17(2)13-15-21)11-12-19-18(3)10-7-14-20(19,4)5/h13,15-17H,6-12,14,21H2,1-5H3/b15-13+. The Labute approximate surface area is 133 Å². The molecule has 0 amide bonds. The Balaban J connectivity index is 2.34. The third-order valence-electron chi connectivity index (χ3n) is 5.37. The van der Waals surface area contributed by atoms with Crippen LogP contribution in [0.2, 0.25) is 0 Å². The van der Waals surface area contributed by atoms with E-state index in [1.807, 2.05) is 0 Å². The van der Waals surface area contributed by atoms with Gasteiger partial charge in [-0.1, -0.05) is 57.8 Å². The summed E-state index contributed by atoms with van der Waals surface area (Å²) in [5, 5.41) is 0. The lowest BCUT2D eigenvalue weighted by Crippen LogP contribution is -2.20. The molecule has 0 saturated heterocycles. The van der Waals surface area contributed by atoms with Gasteiger partial charge in [0.2, 0.25) is 0 Å². The summed E-state index contributed by atoms with van der Waals surface area (Å²) in [5.74, 6) is 1.47. The van der Waals surface area contributed by atoms with E-state index in [0.717, 1.165) is 5.92 Å². The van der Waals surface area contributed by atoms with Gasteiger partial charge in [-0.05, 0) is 68.9 Å². The Kier molecular flexibility index (Phi) is 7.56. The summed E-state index contributed by atoms with van der Waals surface area (Å²) in [4.78, 5) is 0. The molecule has 1 aliphatic rings. The fraction of sp³-hybridized carbons (Fsp3) is 0.800. The molecule has 0 aromatic carbocycles. The first-order chi connectivity index (χ1) is 9.86. The van der Waals surface area contributed by atoms with E-state index in [1.165, 1.54) is 51.4 Å². The lowest BCUT2D eigenvalue weighted by molar-refractivity contribution is 0.340.